The summed E-state index contributed by atoms with van der Waals surface area (Å²) in [7, 11) is 0. The molecule has 1 fully saturated rings. The van der Waals surface area contributed by atoms with Gasteiger partial charge in [0.05, 0.1) is 12.5 Å². The van der Waals surface area contributed by atoms with Gasteiger partial charge in [-0.3, -0.25) is 4.79 Å². The van der Waals surface area contributed by atoms with Gasteiger partial charge in [-0.25, -0.2) is 0 Å². The second-order valence-corrected chi connectivity index (χ2v) is 3.50. The number of rotatable bonds is 5. The molecule has 12 heavy (non-hydrogen) atoms. The first kappa shape index (κ1) is 9.56. The van der Waals surface area contributed by atoms with Gasteiger partial charge in [-0.2, -0.15) is 0 Å². The molecule has 0 aromatic rings. The number of esters is 1. The molecular weight excluding hydrogens is 152 g/mol. The predicted octanol–water partition coefficient (Wildman–Crippen LogP) is 2.38. The first-order valence-corrected chi connectivity index (χ1v) is 4.96. The summed E-state index contributed by atoms with van der Waals surface area (Å²) in [5, 5.41) is 0. The van der Waals surface area contributed by atoms with Crippen molar-refractivity contribution in [2.24, 2.45) is 11.8 Å². The average Bonchev–Trinajstić information content (AvgIpc) is 2.80. The SMILES string of the molecule is CCCC[C@@H]1C[C@@H]1C(=O)OCC. The van der Waals surface area contributed by atoms with Gasteiger partial charge in [0, 0.05) is 0 Å². The number of carbonyl (C=O) groups is 1. The van der Waals surface area contributed by atoms with E-state index in [0.717, 1.165) is 6.42 Å². The molecule has 0 bridgehead atoms. The van der Waals surface area contributed by atoms with Crippen LogP contribution in [0.5, 0.6) is 0 Å². The van der Waals surface area contributed by atoms with Crippen LogP contribution in [0, 0.1) is 11.8 Å². The molecule has 2 nitrogen and oxygen atoms in total. The Bertz CT molecular complexity index is 154. The Morgan fingerprint density at radius 3 is 2.83 bits per heavy atom. The fourth-order valence-corrected chi connectivity index (χ4v) is 1.57. The van der Waals surface area contributed by atoms with Gasteiger partial charge in [0.2, 0.25) is 0 Å². The van der Waals surface area contributed by atoms with Gasteiger partial charge in [-0.05, 0) is 25.7 Å². The van der Waals surface area contributed by atoms with E-state index in [1.54, 1.807) is 0 Å². The highest BCUT2D eigenvalue weighted by molar-refractivity contribution is 5.75. The Morgan fingerprint density at radius 2 is 2.25 bits per heavy atom. The molecule has 2 atom stereocenters. The van der Waals surface area contributed by atoms with E-state index in [1.807, 2.05) is 6.92 Å². The summed E-state index contributed by atoms with van der Waals surface area (Å²) < 4.78 is 4.94. The lowest BCUT2D eigenvalue weighted by Gasteiger charge is -1.99. The van der Waals surface area contributed by atoms with Crippen LogP contribution in [0.15, 0.2) is 0 Å². The molecule has 1 aliphatic rings. The normalized spacial score (nSPS) is 26.8. The number of hydrogen-bond acceptors (Lipinski definition) is 2. The van der Waals surface area contributed by atoms with Crippen molar-refractivity contribution in [1.29, 1.82) is 0 Å². The third-order valence-electron chi connectivity index (χ3n) is 2.44. The molecule has 0 aromatic heterocycles. The molecule has 1 saturated carbocycles. The maximum atomic E-state index is 11.2. The first-order chi connectivity index (χ1) is 5.79. The highest BCUT2D eigenvalue weighted by atomic mass is 16.5. The van der Waals surface area contributed by atoms with Gasteiger partial charge < -0.3 is 4.74 Å². The van der Waals surface area contributed by atoms with Crippen LogP contribution in [0.3, 0.4) is 0 Å². The fraction of sp³-hybridized carbons (Fsp3) is 0.900. The Balaban J connectivity index is 2.10. The van der Waals surface area contributed by atoms with E-state index in [9.17, 15) is 4.79 Å². The molecule has 2 heteroatoms. The monoisotopic (exact) mass is 170 g/mol. The topological polar surface area (TPSA) is 26.3 Å². The van der Waals surface area contributed by atoms with Crippen molar-refractivity contribution < 1.29 is 9.53 Å². The van der Waals surface area contributed by atoms with Crippen molar-refractivity contribution in [3.8, 4) is 0 Å². The first-order valence-electron chi connectivity index (χ1n) is 4.96. The van der Waals surface area contributed by atoms with Crippen molar-refractivity contribution in [3.63, 3.8) is 0 Å². The molecule has 0 heterocycles. The standard InChI is InChI=1S/C10H18O2/c1-3-5-6-8-7-9(8)10(11)12-4-2/h8-9H,3-7H2,1-2H3/t8-,9+/m1/s1. The second kappa shape index (κ2) is 4.48. The van der Waals surface area contributed by atoms with Crippen LogP contribution in [0.25, 0.3) is 0 Å². The van der Waals surface area contributed by atoms with E-state index in [2.05, 4.69) is 6.92 Å². The van der Waals surface area contributed by atoms with Crippen molar-refractivity contribution in [2.45, 2.75) is 39.5 Å². The highest BCUT2D eigenvalue weighted by Crippen LogP contribution is 2.43. The molecule has 0 aliphatic heterocycles. The Hall–Kier alpha value is -0.530. The number of hydrogen-bond donors (Lipinski definition) is 0. The molecule has 0 aromatic carbocycles. The summed E-state index contributed by atoms with van der Waals surface area (Å²) in [6.07, 6.45) is 4.76. The second-order valence-electron chi connectivity index (χ2n) is 3.50. The molecule has 0 unspecified atom stereocenters. The molecule has 1 aliphatic carbocycles. The summed E-state index contributed by atoms with van der Waals surface area (Å²) in [6.45, 7) is 4.57. The van der Waals surface area contributed by atoms with Gasteiger partial charge in [-0.1, -0.05) is 19.8 Å². The van der Waals surface area contributed by atoms with Crippen LogP contribution in [0.2, 0.25) is 0 Å². The zero-order chi connectivity index (χ0) is 8.97. The van der Waals surface area contributed by atoms with Crippen LogP contribution in [0.1, 0.15) is 39.5 Å². The minimum absolute atomic E-state index is 0.0265. The Kier molecular flexibility index (Phi) is 3.57. The number of unbranched alkanes of at least 4 members (excludes halogenated alkanes) is 1. The summed E-state index contributed by atoms with van der Waals surface area (Å²) in [5.74, 6) is 0.916. The zero-order valence-corrected chi connectivity index (χ0v) is 8.01. The van der Waals surface area contributed by atoms with Gasteiger partial charge in [0.25, 0.3) is 0 Å². The molecule has 0 N–H and O–H groups in total. The minimum atomic E-state index is 0.0265. The summed E-state index contributed by atoms with van der Waals surface area (Å²) in [6, 6.07) is 0. The van der Waals surface area contributed by atoms with Crippen LogP contribution in [-0.2, 0) is 9.53 Å². The lowest BCUT2D eigenvalue weighted by Crippen LogP contribution is -2.07. The quantitative estimate of drug-likeness (QED) is 0.592. The van der Waals surface area contributed by atoms with E-state index in [0.29, 0.717) is 12.5 Å². The van der Waals surface area contributed by atoms with E-state index in [4.69, 9.17) is 4.74 Å². The van der Waals surface area contributed by atoms with E-state index in [1.165, 1.54) is 19.3 Å². The van der Waals surface area contributed by atoms with Crippen molar-refractivity contribution in [3.05, 3.63) is 0 Å². The lowest BCUT2D eigenvalue weighted by molar-refractivity contribution is -0.145. The maximum Gasteiger partial charge on any atom is 0.309 e. The van der Waals surface area contributed by atoms with Gasteiger partial charge in [0.1, 0.15) is 0 Å². The summed E-state index contributed by atoms with van der Waals surface area (Å²) in [4.78, 5) is 11.2. The van der Waals surface area contributed by atoms with Gasteiger partial charge in [-0.15, -0.1) is 0 Å². The Morgan fingerprint density at radius 1 is 1.50 bits per heavy atom. The van der Waals surface area contributed by atoms with Gasteiger partial charge in [0.15, 0.2) is 0 Å². The average molecular weight is 170 g/mol. The molecular formula is C10H18O2. The zero-order valence-electron chi connectivity index (χ0n) is 8.01. The molecule has 0 amide bonds. The third-order valence-corrected chi connectivity index (χ3v) is 2.44. The largest absolute Gasteiger partial charge is 0.466 e. The number of ether oxygens (including phenoxy) is 1. The molecule has 0 spiro atoms. The minimum Gasteiger partial charge on any atom is -0.466 e. The van der Waals surface area contributed by atoms with Crippen molar-refractivity contribution in [2.75, 3.05) is 6.61 Å². The van der Waals surface area contributed by atoms with E-state index >= 15 is 0 Å². The molecule has 0 saturated heterocycles. The number of carbonyl (C=O) groups excluding carboxylic acids is 1. The van der Waals surface area contributed by atoms with E-state index < -0.39 is 0 Å². The van der Waals surface area contributed by atoms with Crippen LogP contribution in [0.4, 0.5) is 0 Å². The van der Waals surface area contributed by atoms with E-state index in [-0.39, 0.29) is 11.9 Å². The van der Waals surface area contributed by atoms with Gasteiger partial charge >= 0.3 is 5.97 Å². The summed E-state index contributed by atoms with van der Waals surface area (Å²) >= 11 is 0. The third kappa shape index (κ3) is 2.50. The summed E-state index contributed by atoms with van der Waals surface area (Å²) in [5.41, 5.74) is 0. The smallest absolute Gasteiger partial charge is 0.309 e. The van der Waals surface area contributed by atoms with Crippen molar-refractivity contribution >= 4 is 5.97 Å². The Labute approximate surface area is 74.3 Å². The lowest BCUT2D eigenvalue weighted by atomic mass is 10.1. The molecule has 1 rings (SSSR count). The van der Waals surface area contributed by atoms with Crippen molar-refractivity contribution in [1.82, 2.24) is 0 Å². The highest BCUT2D eigenvalue weighted by Gasteiger charge is 2.43. The molecule has 70 valence electrons. The fourth-order valence-electron chi connectivity index (χ4n) is 1.57. The van der Waals surface area contributed by atoms with Crippen LogP contribution in [-0.4, -0.2) is 12.6 Å². The molecule has 0 radical (unpaired) electrons. The maximum absolute atomic E-state index is 11.2. The predicted molar refractivity (Wildman–Crippen MR) is 47.8 cm³/mol. The van der Waals surface area contributed by atoms with Crippen LogP contribution < -0.4 is 0 Å². The van der Waals surface area contributed by atoms with Crippen LogP contribution >= 0.6 is 0 Å².